The Kier molecular flexibility index (Phi) is 5.00. The summed E-state index contributed by atoms with van der Waals surface area (Å²) in [6.45, 7) is 0.417. The summed E-state index contributed by atoms with van der Waals surface area (Å²) in [5, 5.41) is 12.7. The third-order valence-electron chi connectivity index (χ3n) is 3.94. The summed E-state index contributed by atoms with van der Waals surface area (Å²) < 4.78 is 5.40. The Morgan fingerprint density at radius 3 is 2.44 bits per heavy atom. The first-order valence-electron chi connectivity index (χ1n) is 7.97. The number of aromatic hydroxyl groups is 1. The molecule has 2 N–H and O–H groups in total. The predicted octanol–water partition coefficient (Wildman–Crippen LogP) is 4.00. The third-order valence-corrected chi connectivity index (χ3v) is 3.94. The normalized spacial score (nSPS) is 10.3. The number of benzene rings is 3. The average Bonchev–Trinajstić information content (AvgIpc) is 2.67. The number of hydrogen-bond acceptors (Lipinski definition) is 3. The largest absolute Gasteiger partial charge is 0.508 e. The zero-order chi connectivity index (χ0) is 17.6. The monoisotopic (exact) mass is 333 g/mol. The molecule has 0 aliphatic rings. The number of nitrogens with one attached hydrogen (secondary N) is 1. The van der Waals surface area contributed by atoms with Crippen LogP contribution in [0, 0.1) is 0 Å². The van der Waals surface area contributed by atoms with Crippen molar-refractivity contribution in [2.45, 2.75) is 6.54 Å². The molecule has 126 valence electrons. The molecule has 4 nitrogen and oxygen atoms in total. The highest BCUT2D eigenvalue weighted by atomic mass is 16.5. The molecule has 3 aromatic rings. The van der Waals surface area contributed by atoms with Gasteiger partial charge < -0.3 is 15.2 Å². The van der Waals surface area contributed by atoms with Crippen molar-refractivity contribution in [2.24, 2.45) is 0 Å². The van der Waals surface area contributed by atoms with E-state index in [4.69, 9.17) is 4.74 Å². The van der Waals surface area contributed by atoms with E-state index in [9.17, 15) is 9.90 Å². The topological polar surface area (TPSA) is 58.6 Å². The minimum Gasteiger partial charge on any atom is -0.508 e. The van der Waals surface area contributed by atoms with Gasteiger partial charge in [0.15, 0.2) is 0 Å². The van der Waals surface area contributed by atoms with E-state index in [0.29, 0.717) is 23.4 Å². The van der Waals surface area contributed by atoms with Gasteiger partial charge in [-0.15, -0.1) is 0 Å². The van der Waals surface area contributed by atoms with E-state index in [2.05, 4.69) is 5.32 Å². The Morgan fingerprint density at radius 2 is 1.68 bits per heavy atom. The minimum atomic E-state index is -0.249. The summed E-state index contributed by atoms with van der Waals surface area (Å²) in [6.07, 6.45) is 0. The Balaban J connectivity index is 1.92. The van der Waals surface area contributed by atoms with Crippen molar-refractivity contribution in [2.75, 3.05) is 7.11 Å². The van der Waals surface area contributed by atoms with Gasteiger partial charge in [-0.3, -0.25) is 4.79 Å². The summed E-state index contributed by atoms with van der Waals surface area (Å²) in [7, 11) is 1.59. The standard InChI is InChI=1S/C21H19NO3/c1-25-20-10-6-5-9-18(20)17-12-11-16(23)13-19(17)21(24)22-14-15-7-3-2-4-8-15/h2-13,23H,14H2,1H3,(H,22,24). The first-order valence-corrected chi connectivity index (χ1v) is 7.97. The number of phenols is 1. The molecular weight excluding hydrogens is 314 g/mol. The first kappa shape index (κ1) is 16.6. The molecule has 0 aliphatic carbocycles. The van der Waals surface area contributed by atoms with Crippen molar-refractivity contribution in [3.05, 3.63) is 83.9 Å². The molecule has 0 aromatic heterocycles. The van der Waals surface area contributed by atoms with Gasteiger partial charge >= 0.3 is 0 Å². The SMILES string of the molecule is COc1ccccc1-c1ccc(O)cc1C(=O)NCc1ccccc1. The number of ether oxygens (including phenoxy) is 1. The number of phenolic OH excluding ortho intramolecular Hbond substituents is 1. The lowest BCUT2D eigenvalue weighted by molar-refractivity contribution is 0.0951. The molecule has 0 atom stereocenters. The maximum Gasteiger partial charge on any atom is 0.252 e. The molecule has 3 aromatic carbocycles. The summed E-state index contributed by atoms with van der Waals surface area (Å²) >= 11 is 0. The Morgan fingerprint density at radius 1 is 0.960 bits per heavy atom. The predicted molar refractivity (Wildman–Crippen MR) is 97.7 cm³/mol. The second-order valence-corrected chi connectivity index (χ2v) is 5.60. The second-order valence-electron chi connectivity index (χ2n) is 5.60. The maximum atomic E-state index is 12.7. The van der Waals surface area contributed by atoms with Crippen molar-refractivity contribution in [3.8, 4) is 22.6 Å². The van der Waals surface area contributed by atoms with Crippen molar-refractivity contribution < 1.29 is 14.6 Å². The van der Waals surface area contributed by atoms with Crippen LogP contribution in [-0.4, -0.2) is 18.1 Å². The van der Waals surface area contributed by atoms with Crippen molar-refractivity contribution in [1.29, 1.82) is 0 Å². The highest BCUT2D eigenvalue weighted by Crippen LogP contribution is 2.33. The lowest BCUT2D eigenvalue weighted by Crippen LogP contribution is -2.23. The molecule has 0 heterocycles. The van der Waals surface area contributed by atoms with Gasteiger partial charge in [-0.1, -0.05) is 48.5 Å². The van der Waals surface area contributed by atoms with Crippen molar-refractivity contribution >= 4 is 5.91 Å². The van der Waals surface area contributed by atoms with Crippen molar-refractivity contribution in [3.63, 3.8) is 0 Å². The molecular formula is C21H19NO3. The first-order chi connectivity index (χ1) is 12.2. The Bertz CT molecular complexity index is 875. The quantitative estimate of drug-likeness (QED) is 0.742. The average molecular weight is 333 g/mol. The number of rotatable bonds is 5. The van der Waals surface area contributed by atoms with Gasteiger partial charge in [0.25, 0.3) is 5.91 Å². The number of carbonyl (C=O) groups excluding carboxylic acids is 1. The van der Waals surface area contributed by atoms with Gasteiger partial charge in [0.1, 0.15) is 11.5 Å². The molecule has 0 aliphatic heterocycles. The van der Waals surface area contributed by atoms with Crippen LogP contribution in [0.25, 0.3) is 11.1 Å². The molecule has 3 rings (SSSR count). The van der Waals surface area contributed by atoms with E-state index in [0.717, 1.165) is 11.1 Å². The van der Waals surface area contributed by atoms with Gasteiger partial charge in [-0.2, -0.15) is 0 Å². The molecule has 0 spiro atoms. The molecule has 25 heavy (non-hydrogen) atoms. The molecule has 0 unspecified atom stereocenters. The number of hydrogen-bond donors (Lipinski definition) is 2. The molecule has 1 amide bonds. The summed E-state index contributed by atoms with van der Waals surface area (Å²) in [5.74, 6) is 0.467. The lowest BCUT2D eigenvalue weighted by Gasteiger charge is -2.14. The molecule has 0 saturated heterocycles. The van der Waals surface area contributed by atoms with Crippen LogP contribution in [-0.2, 0) is 6.54 Å². The van der Waals surface area contributed by atoms with Crippen molar-refractivity contribution in [1.82, 2.24) is 5.32 Å². The molecule has 0 bridgehead atoms. The van der Waals surface area contributed by atoms with Crippen LogP contribution in [0.4, 0.5) is 0 Å². The Labute approximate surface area is 146 Å². The number of methoxy groups -OCH3 is 1. The number of amides is 1. The van der Waals surface area contributed by atoms with Crippen LogP contribution >= 0.6 is 0 Å². The van der Waals surface area contributed by atoms with Crippen LogP contribution in [0.1, 0.15) is 15.9 Å². The van der Waals surface area contributed by atoms with Gasteiger partial charge in [-0.05, 0) is 35.4 Å². The van der Waals surface area contributed by atoms with Gasteiger partial charge in [0, 0.05) is 12.1 Å². The smallest absolute Gasteiger partial charge is 0.252 e. The summed E-state index contributed by atoms with van der Waals surface area (Å²) in [4.78, 5) is 12.7. The van der Waals surface area contributed by atoms with Gasteiger partial charge in [-0.25, -0.2) is 0 Å². The highest BCUT2D eigenvalue weighted by molar-refractivity contribution is 6.02. The maximum absolute atomic E-state index is 12.7. The Hall–Kier alpha value is -3.27. The van der Waals surface area contributed by atoms with E-state index < -0.39 is 0 Å². The van der Waals surface area contributed by atoms with Crippen LogP contribution in [0.2, 0.25) is 0 Å². The van der Waals surface area contributed by atoms with Gasteiger partial charge in [0.05, 0.1) is 12.7 Å². The molecule has 4 heteroatoms. The fraction of sp³-hybridized carbons (Fsp3) is 0.0952. The van der Waals surface area contributed by atoms with E-state index in [1.165, 1.54) is 6.07 Å². The fourth-order valence-electron chi connectivity index (χ4n) is 2.70. The molecule has 0 fully saturated rings. The number of para-hydroxylation sites is 1. The highest BCUT2D eigenvalue weighted by Gasteiger charge is 2.16. The molecule has 0 radical (unpaired) electrons. The van der Waals surface area contributed by atoms with E-state index >= 15 is 0 Å². The summed E-state index contributed by atoms with van der Waals surface area (Å²) in [6, 6.07) is 21.9. The third kappa shape index (κ3) is 3.80. The minimum absolute atomic E-state index is 0.0449. The van der Waals surface area contributed by atoms with Crippen LogP contribution < -0.4 is 10.1 Å². The second kappa shape index (κ2) is 7.53. The van der Waals surface area contributed by atoms with Crippen LogP contribution in [0.15, 0.2) is 72.8 Å². The van der Waals surface area contributed by atoms with E-state index in [-0.39, 0.29) is 11.7 Å². The zero-order valence-corrected chi connectivity index (χ0v) is 13.9. The van der Waals surface area contributed by atoms with Crippen LogP contribution in [0.3, 0.4) is 0 Å². The fourth-order valence-corrected chi connectivity index (χ4v) is 2.70. The van der Waals surface area contributed by atoms with Gasteiger partial charge in [0.2, 0.25) is 0 Å². The zero-order valence-electron chi connectivity index (χ0n) is 13.9. The van der Waals surface area contributed by atoms with Crippen LogP contribution in [0.5, 0.6) is 11.5 Å². The lowest BCUT2D eigenvalue weighted by atomic mass is 9.98. The summed E-state index contributed by atoms with van der Waals surface area (Å²) in [5.41, 5.74) is 2.92. The van der Waals surface area contributed by atoms with E-state index in [1.807, 2.05) is 54.6 Å². The van der Waals surface area contributed by atoms with E-state index in [1.54, 1.807) is 19.2 Å². The molecule has 0 saturated carbocycles. The number of carbonyl (C=O) groups is 1.